The first-order chi connectivity index (χ1) is 16.2. The van der Waals surface area contributed by atoms with E-state index in [1.165, 1.54) is 11.9 Å². The zero-order valence-corrected chi connectivity index (χ0v) is 20.9. The average molecular weight is 464 g/mol. The van der Waals surface area contributed by atoms with Crippen LogP contribution in [0.15, 0.2) is 48.9 Å². The molecule has 1 aliphatic heterocycles. The van der Waals surface area contributed by atoms with Crippen molar-refractivity contribution in [1.82, 2.24) is 19.8 Å². The molecule has 7 nitrogen and oxygen atoms in total. The molecule has 34 heavy (non-hydrogen) atoms. The highest BCUT2D eigenvalue weighted by atomic mass is 16.2. The molecule has 2 amide bonds. The first kappa shape index (κ1) is 24.3. The molecule has 1 saturated carbocycles. The Morgan fingerprint density at radius 1 is 1.12 bits per heavy atom. The summed E-state index contributed by atoms with van der Waals surface area (Å²) in [6.07, 6.45) is 8.44. The number of aromatic nitrogens is 2. The fraction of sp³-hybridized carbons (Fsp3) is 0.556. The quantitative estimate of drug-likeness (QED) is 0.669. The molecule has 0 bridgehead atoms. The third-order valence-corrected chi connectivity index (χ3v) is 8.16. The zero-order chi connectivity index (χ0) is 24.4. The Kier molecular flexibility index (Phi) is 6.76. The normalized spacial score (nSPS) is 25.2. The van der Waals surface area contributed by atoms with E-state index in [2.05, 4.69) is 64.6 Å². The Morgan fingerprint density at radius 3 is 2.44 bits per heavy atom. The molecule has 0 radical (unpaired) electrons. The van der Waals surface area contributed by atoms with Crippen molar-refractivity contribution in [2.45, 2.75) is 57.9 Å². The van der Waals surface area contributed by atoms with Crippen LogP contribution in [0, 0.1) is 10.8 Å². The van der Waals surface area contributed by atoms with Crippen LogP contribution in [0.25, 0.3) is 0 Å². The van der Waals surface area contributed by atoms with Gasteiger partial charge in [0.1, 0.15) is 12.1 Å². The summed E-state index contributed by atoms with van der Waals surface area (Å²) < 4.78 is 0. The van der Waals surface area contributed by atoms with Crippen molar-refractivity contribution >= 4 is 17.6 Å². The maximum atomic E-state index is 13.0. The number of carbonyl (C=O) groups is 2. The molecular formula is C27H37N5O2. The summed E-state index contributed by atoms with van der Waals surface area (Å²) in [4.78, 5) is 38.1. The smallest absolute Gasteiger partial charge is 0.231 e. The van der Waals surface area contributed by atoms with Gasteiger partial charge in [-0.25, -0.2) is 9.97 Å². The summed E-state index contributed by atoms with van der Waals surface area (Å²) in [5.74, 6) is 0.627. The average Bonchev–Trinajstić information content (AvgIpc) is 3.14. The molecule has 1 saturated heterocycles. The fourth-order valence-electron chi connectivity index (χ4n) is 5.63. The van der Waals surface area contributed by atoms with Crippen LogP contribution >= 0.6 is 0 Å². The van der Waals surface area contributed by atoms with Crippen LogP contribution < -0.4 is 5.32 Å². The van der Waals surface area contributed by atoms with Gasteiger partial charge in [-0.2, -0.15) is 0 Å². The number of carbonyl (C=O) groups excluding carboxylic acids is 2. The maximum absolute atomic E-state index is 13.0. The van der Waals surface area contributed by atoms with Gasteiger partial charge in [0.25, 0.3) is 0 Å². The molecule has 7 heteroatoms. The minimum absolute atomic E-state index is 0.0318. The van der Waals surface area contributed by atoms with E-state index in [0.717, 1.165) is 32.2 Å². The summed E-state index contributed by atoms with van der Waals surface area (Å²) in [5.41, 5.74) is 0.844. The monoisotopic (exact) mass is 463 g/mol. The SMILES string of the molecule is CN(C)C1(c2ccccc2)CCC2(CC1)CC(=O)N(CCC(C)(C)C(=O)Nc1ccncn1)C2. The molecule has 1 aliphatic carbocycles. The number of nitrogens with zero attached hydrogens (tertiary/aromatic N) is 4. The number of amides is 2. The van der Waals surface area contributed by atoms with Crippen LogP contribution in [-0.2, 0) is 15.1 Å². The summed E-state index contributed by atoms with van der Waals surface area (Å²) >= 11 is 0. The largest absolute Gasteiger partial charge is 0.342 e. The van der Waals surface area contributed by atoms with Crippen LogP contribution in [0.4, 0.5) is 5.82 Å². The highest BCUT2D eigenvalue weighted by Crippen LogP contribution is 2.52. The lowest BCUT2D eigenvalue weighted by molar-refractivity contribution is -0.130. The molecule has 1 N–H and O–H groups in total. The first-order valence-corrected chi connectivity index (χ1v) is 12.2. The predicted octanol–water partition coefficient (Wildman–Crippen LogP) is 4.08. The number of hydrogen-bond donors (Lipinski definition) is 1. The third kappa shape index (κ3) is 4.85. The molecule has 1 aromatic heterocycles. The van der Waals surface area contributed by atoms with Crippen LogP contribution in [0.2, 0.25) is 0 Å². The van der Waals surface area contributed by atoms with E-state index in [9.17, 15) is 9.59 Å². The summed E-state index contributed by atoms with van der Waals surface area (Å²) in [7, 11) is 4.34. The van der Waals surface area contributed by atoms with Gasteiger partial charge in [-0.05, 0) is 63.2 Å². The second kappa shape index (κ2) is 9.45. The Labute approximate surface area is 203 Å². The molecule has 2 fully saturated rings. The number of nitrogens with one attached hydrogen (secondary N) is 1. The third-order valence-electron chi connectivity index (χ3n) is 8.16. The molecule has 4 rings (SSSR count). The van der Waals surface area contributed by atoms with Crippen molar-refractivity contribution < 1.29 is 9.59 Å². The Morgan fingerprint density at radius 2 is 1.82 bits per heavy atom. The van der Waals surface area contributed by atoms with Gasteiger partial charge in [-0.3, -0.25) is 14.5 Å². The van der Waals surface area contributed by atoms with Gasteiger partial charge in [0, 0.05) is 36.7 Å². The van der Waals surface area contributed by atoms with Crippen LogP contribution in [0.5, 0.6) is 0 Å². The van der Waals surface area contributed by atoms with Gasteiger partial charge in [-0.15, -0.1) is 0 Å². The molecule has 2 heterocycles. The van der Waals surface area contributed by atoms with E-state index in [1.807, 2.05) is 18.7 Å². The second-order valence-corrected chi connectivity index (χ2v) is 11.0. The van der Waals surface area contributed by atoms with Crippen molar-refractivity contribution in [2.24, 2.45) is 10.8 Å². The Hall–Kier alpha value is -2.80. The lowest BCUT2D eigenvalue weighted by Gasteiger charge is -2.49. The van der Waals surface area contributed by atoms with E-state index in [-0.39, 0.29) is 22.8 Å². The number of hydrogen-bond acceptors (Lipinski definition) is 5. The molecular weight excluding hydrogens is 426 g/mol. The molecule has 1 aromatic carbocycles. The van der Waals surface area contributed by atoms with Gasteiger partial charge < -0.3 is 10.2 Å². The molecule has 2 aliphatic rings. The van der Waals surface area contributed by atoms with E-state index >= 15 is 0 Å². The van der Waals surface area contributed by atoms with Gasteiger partial charge in [0.15, 0.2) is 0 Å². The van der Waals surface area contributed by atoms with Crippen LogP contribution in [0.1, 0.15) is 57.9 Å². The van der Waals surface area contributed by atoms with Crippen molar-refractivity contribution in [1.29, 1.82) is 0 Å². The topological polar surface area (TPSA) is 78.4 Å². The molecule has 2 aromatic rings. The van der Waals surface area contributed by atoms with Crippen molar-refractivity contribution in [3.63, 3.8) is 0 Å². The van der Waals surface area contributed by atoms with E-state index in [4.69, 9.17) is 0 Å². The summed E-state index contributed by atoms with van der Waals surface area (Å²) in [5, 5.41) is 2.86. The Bertz CT molecular complexity index is 998. The van der Waals surface area contributed by atoms with Gasteiger partial charge in [0.2, 0.25) is 11.8 Å². The van der Waals surface area contributed by atoms with Gasteiger partial charge in [-0.1, -0.05) is 44.2 Å². The van der Waals surface area contributed by atoms with Crippen molar-refractivity contribution in [3.8, 4) is 0 Å². The lowest BCUT2D eigenvalue weighted by atomic mass is 9.64. The fourth-order valence-corrected chi connectivity index (χ4v) is 5.63. The van der Waals surface area contributed by atoms with E-state index in [1.54, 1.807) is 12.3 Å². The summed E-state index contributed by atoms with van der Waals surface area (Å²) in [6.45, 7) is 5.24. The number of benzene rings is 1. The van der Waals surface area contributed by atoms with Crippen LogP contribution in [-0.4, -0.2) is 58.8 Å². The number of anilines is 1. The highest BCUT2D eigenvalue weighted by molar-refractivity contribution is 5.94. The number of rotatable bonds is 7. The van der Waals surface area contributed by atoms with Gasteiger partial charge in [0.05, 0.1) is 0 Å². The standard InChI is InChI=1S/C27H37N5O2/c1-25(2,24(34)30-22-10-16-28-20-29-22)15-17-32-19-26(18-23(32)33)11-13-27(14-12-26,31(3)4)21-8-6-5-7-9-21/h5-10,16,20H,11-15,17-19H2,1-4H3,(H,28,29,30,34). The van der Waals surface area contributed by atoms with E-state index in [0.29, 0.717) is 25.2 Å². The molecule has 0 atom stereocenters. The first-order valence-electron chi connectivity index (χ1n) is 12.2. The summed E-state index contributed by atoms with van der Waals surface area (Å²) in [6, 6.07) is 12.5. The molecule has 182 valence electrons. The molecule has 0 unspecified atom stereocenters. The van der Waals surface area contributed by atoms with Gasteiger partial charge >= 0.3 is 0 Å². The van der Waals surface area contributed by atoms with Crippen molar-refractivity contribution in [3.05, 3.63) is 54.5 Å². The van der Waals surface area contributed by atoms with Crippen LogP contribution in [0.3, 0.4) is 0 Å². The second-order valence-electron chi connectivity index (χ2n) is 11.0. The minimum Gasteiger partial charge on any atom is -0.342 e. The Balaban J connectivity index is 1.36. The number of likely N-dealkylation sites (tertiary alicyclic amines) is 1. The highest BCUT2D eigenvalue weighted by Gasteiger charge is 2.50. The zero-order valence-electron chi connectivity index (χ0n) is 20.9. The maximum Gasteiger partial charge on any atom is 0.231 e. The molecule has 1 spiro atoms. The van der Waals surface area contributed by atoms with E-state index < -0.39 is 5.41 Å². The predicted molar refractivity (Wildman–Crippen MR) is 133 cm³/mol. The van der Waals surface area contributed by atoms with Crippen molar-refractivity contribution in [2.75, 3.05) is 32.5 Å². The minimum atomic E-state index is -0.610. The lowest BCUT2D eigenvalue weighted by Crippen LogP contribution is -2.47.